The van der Waals surface area contributed by atoms with Crippen molar-refractivity contribution in [1.29, 1.82) is 0 Å². The zero-order valence-corrected chi connectivity index (χ0v) is 20.5. The van der Waals surface area contributed by atoms with E-state index in [0.717, 1.165) is 6.07 Å². The Kier molecular flexibility index (Phi) is 5.87. The van der Waals surface area contributed by atoms with E-state index >= 15 is 0 Å². The second-order valence-corrected chi connectivity index (χ2v) is 11.4. The summed E-state index contributed by atoms with van der Waals surface area (Å²) in [7, 11) is 2.41. The van der Waals surface area contributed by atoms with E-state index in [9.17, 15) is 22.2 Å². The Hall–Kier alpha value is -2.59. The molecule has 1 aliphatic heterocycles. The van der Waals surface area contributed by atoms with Crippen LogP contribution in [0.3, 0.4) is 0 Å². The summed E-state index contributed by atoms with van der Waals surface area (Å²) in [5.41, 5.74) is 0.0455. The number of benzene rings is 1. The van der Waals surface area contributed by atoms with E-state index in [0.29, 0.717) is 46.6 Å². The number of halogens is 3. The van der Waals surface area contributed by atoms with E-state index in [1.807, 2.05) is 0 Å². The topological polar surface area (TPSA) is 74.1 Å². The molecule has 186 valence electrons. The van der Waals surface area contributed by atoms with E-state index in [-0.39, 0.29) is 23.0 Å². The summed E-state index contributed by atoms with van der Waals surface area (Å²) in [4.78, 5) is 22.0. The molecule has 0 N–H and O–H groups in total. The van der Waals surface area contributed by atoms with E-state index in [4.69, 9.17) is 4.74 Å². The van der Waals surface area contributed by atoms with Gasteiger partial charge in [-0.25, -0.2) is 23.1 Å². The Morgan fingerprint density at radius 2 is 1.89 bits per heavy atom. The minimum Gasteiger partial charge on any atom is -0.373 e. The first-order chi connectivity index (χ1) is 16.6. The fourth-order valence-corrected chi connectivity index (χ4v) is 7.47. The summed E-state index contributed by atoms with van der Waals surface area (Å²) >= 11 is 0. The van der Waals surface area contributed by atoms with Gasteiger partial charge in [-0.3, -0.25) is 13.6 Å². The maximum atomic E-state index is 14.8. The van der Waals surface area contributed by atoms with Crippen LogP contribution in [0.15, 0.2) is 35.4 Å². The summed E-state index contributed by atoms with van der Waals surface area (Å²) in [6, 6.07) is 5.79. The van der Waals surface area contributed by atoms with E-state index < -0.39 is 40.1 Å². The highest BCUT2D eigenvalue weighted by Crippen LogP contribution is 2.60. The highest BCUT2D eigenvalue weighted by Gasteiger charge is 2.62. The van der Waals surface area contributed by atoms with Gasteiger partial charge in [-0.2, -0.15) is 0 Å². The summed E-state index contributed by atoms with van der Waals surface area (Å²) in [6.07, 6.45) is -0.0438. The third kappa shape index (κ3) is 3.81. The van der Waals surface area contributed by atoms with Gasteiger partial charge in [0.2, 0.25) is 0 Å². The number of aromatic nitrogens is 3. The number of methoxy groups -OCH3 is 1. The molecule has 2 aromatic heterocycles. The van der Waals surface area contributed by atoms with E-state index in [1.165, 1.54) is 23.0 Å². The third-order valence-corrected chi connectivity index (χ3v) is 9.42. The Morgan fingerprint density at radius 3 is 2.51 bits per heavy atom. The fraction of sp³-hybridized carbons (Fsp3) is 0.480. The number of rotatable bonds is 6. The van der Waals surface area contributed by atoms with E-state index in [2.05, 4.69) is 9.97 Å². The minimum absolute atomic E-state index is 0.0430. The van der Waals surface area contributed by atoms with Crippen LogP contribution in [0.4, 0.5) is 13.2 Å². The maximum absolute atomic E-state index is 14.8. The molecule has 2 aliphatic rings. The molecular formula is C25H26F3N3O3S. The van der Waals surface area contributed by atoms with Gasteiger partial charge in [0.05, 0.1) is 22.4 Å². The fourth-order valence-electron chi connectivity index (χ4n) is 5.78. The van der Waals surface area contributed by atoms with Crippen LogP contribution in [0.5, 0.6) is 0 Å². The van der Waals surface area contributed by atoms with Crippen LogP contribution in [0, 0.1) is 11.2 Å². The molecule has 1 saturated carbocycles. The highest BCUT2D eigenvalue weighted by molar-refractivity contribution is 7.86. The average molecular weight is 506 g/mol. The van der Waals surface area contributed by atoms with Crippen molar-refractivity contribution < 1.29 is 22.1 Å². The summed E-state index contributed by atoms with van der Waals surface area (Å²) in [6.45, 7) is 1.76. The van der Waals surface area contributed by atoms with Gasteiger partial charge < -0.3 is 4.74 Å². The number of nitrogens with zero attached hydrogens (tertiary/aromatic N) is 3. The quantitative estimate of drug-likeness (QED) is 0.504. The predicted octanol–water partition coefficient (Wildman–Crippen LogP) is 4.14. The largest absolute Gasteiger partial charge is 0.373 e. The molecule has 1 aromatic carbocycles. The standard InChI is InChI=1S/C25H26F3N3O3S/c1-14(15-5-4-6-16(20(15)26)21(27)28)7-19-17-8-18(23(32)31(2)22(17)30-13-29-19)25(34-3)9-24(10-25)11-35(33)12-24/h4-6,8,13-14,21H,7,9-12H2,1-3H3/t14-,24?,25?,35?/m0/s1. The number of aryl methyl sites for hydroxylation is 1. The molecule has 5 rings (SSSR count). The van der Waals surface area contributed by atoms with Gasteiger partial charge in [-0.15, -0.1) is 0 Å². The molecule has 10 heteroatoms. The zero-order valence-electron chi connectivity index (χ0n) is 19.7. The normalized spacial score (nSPS) is 26.7. The van der Waals surface area contributed by atoms with Crippen molar-refractivity contribution in [2.24, 2.45) is 12.5 Å². The van der Waals surface area contributed by atoms with Crippen molar-refractivity contribution in [3.05, 3.63) is 69.1 Å². The van der Waals surface area contributed by atoms with Crippen molar-refractivity contribution in [1.82, 2.24) is 14.5 Å². The van der Waals surface area contributed by atoms with Gasteiger partial charge in [0, 0.05) is 41.8 Å². The molecule has 2 fully saturated rings. The van der Waals surface area contributed by atoms with Gasteiger partial charge in [-0.1, -0.05) is 25.1 Å². The molecule has 0 bridgehead atoms. The Bertz CT molecular complexity index is 1390. The number of ether oxygens (including phenoxy) is 1. The molecule has 6 nitrogen and oxygen atoms in total. The van der Waals surface area contributed by atoms with Gasteiger partial charge in [0.25, 0.3) is 12.0 Å². The second-order valence-electron chi connectivity index (χ2n) is 9.92. The SMILES string of the molecule is COC1(c2cc3c(C[C@H](C)c4cccc(C(F)F)c4F)ncnc3n(C)c2=O)CC2(CS(=O)C2)C1. The van der Waals surface area contributed by atoms with Crippen molar-refractivity contribution in [2.75, 3.05) is 18.6 Å². The minimum atomic E-state index is -2.90. The lowest BCUT2D eigenvalue weighted by Gasteiger charge is -2.59. The number of alkyl halides is 2. The molecular weight excluding hydrogens is 479 g/mol. The lowest BCUT2D eigenvalue weighted by molar-refractivity contribution is -0.147. The summed E-state index contributed by atoms with van der Waals surface area (Å²) in [5.74, 6) is -0.0966. The second kappa shape index (κ2) is 8.51. The highest BCUT2D eigenvalue weighted by atomic mass is 32.2. The van der Waals surface area contributed by atoms with Crippen LogP contribution in [0.1, 0.15) is 54.5 Å². The molecule has 1 spiro atoms. The summed E-state index contributed by atoms with van der Waals surface area (Å²) < 4.78 is 60.2. The Labute approximate surface area is 203 Å². The molecule has 1 atom stereocenters. The van der Waals surface area contributed by atoms with Crippen LogP contribution in [-0.4, -0.2) is 37.4 Å². The first kappa shape index (κ1) is 24.1. The lowest BCUT2D eigenvalue weighted by Crippen LogP contribution is -2.62. The molecule has 0 radical (unpaired) electrons. The number of pyridine rings is 1. The lowest BCUT2D eigenvalue weighted by atomic mass is 9.58. The molecule has 1 aliphatic carbocycles. The molecule has 1 saturated heterocycles. The Balaban J connectivity index is 1.55. The number of hydrogen-bond donors (Lipinski definition) is 0. The van der Waals surface area contributed by atoms with Crippen LogP contribution >= 0.6 is 0 Å². The third-order valence-electron chi connectivity index (χ3n) is 7.55. The van der Waals surface area contributed by atoms with Gasteiger partial charge >= 0.3 is 0 Å². The molecule has 3 aromatic rings. The number of hydrogen-bond acceptors (Lipinski definition) is 5. The van der Waals surface area contributed by atoms with Crippen molar-refractivity contribution >= 4 is 21.8 Å². The first-order valence-corrected chi connectivity index (χ1v) is 12.9. The maximum Gasteiger partial charge on any atom is 0.266 e. The average Bonchev–Trinajstić information content (AvgIpc) is 2.78. The molecule has 35 heavy (non-hydrogen) atoms. The Morgan fingerprint density at radius 1 is 1.20 bits per heavy atom. The summed E-state index contributed by atoms with van der Waals surface area (Å²) in [5, 5.41) is 0.636. The zero-order chi connectivity index (χ0) is 25.1. The first-order valence-electron chi connectivity index (χ1n) is 11.4. The predicted molar refractivity (Wildman–Crippen MR) is 126 cm³/mol. The van der Waals surface area contributed by atoms with Gasteiger partial charge in [-0.05, 0) is 42.2 Å². The molecule has 3 heterocycles. The van der Waals surface area contributed by atoms with Crippen LogP contribution in [0.25, 0.3) is 11.0 Å². The van der Waals surface area contributed by atoms with Crippen LogP contribution in [-0.2, 0) is 34.6 Å². The van der Waals surface area contributed by atoms with Gasteiger partial charge in [0.1, 0.15) is 17.8 Å². The molecule has 0 unspecified atom stereocenters. The van der Waals surface area contributed by atoms with Crippen molar-refractivity contribution in [2.45, 2.75) is 44.1 Å². The molecule has 0 amide bonds. The van der Waals surface area contributed by atoms with Crippen molar-refractivity contribution in [3.63, 3.8) is 0 Å². The monoisotopic (exact) mass is 505 g/mol. The van der Waals surface area contributed by atoms with Crippen LogP contribution < -0.4 is 5.56 Å². The van der Waals surface area contributed by atoms with Crippen LogP contribution in [0.2, 0.25) is 0 Å². The number of fused-ring (bicyclic) bond motifs is 1. The van der Waals surface area contributed by atoms with E-state index in [1.54, 1.807) is 27.1 Å². The smallest absolute Gasteiger partial charge is 0.266 e. The van der Waals surface area contributed by atoms with Crippen molar-refractivity contribution in [3.8, 4) is 0 Å². The van der Waals surface area contributed by atoms with Gasteiger partial charge in [0.15, 0.2) is 0 Å².